The second kappa shape index (κ2) is 11.1. The van der Waals surface area contributed by atoms with Crippen molar-refractivity contribution < 1.29 is 17.9 Å². The molecule has 5 fully saturated rings. The van der Waals surface area contributed by atoms with E-state index in [4.69, 9.17) is 15.5 Å². The zero-order chi connectivity index (χ0) is 32.0. The maximum absolute atomic E-state index is 16.8. The standard InChI is InChI=1S/C33H33F3N8OS2/c34-22-7-23(35)29-24(20(8-37)30(38)47-29)25(22)28-26(36)27-21(9-39-28)31(43-10-16-1-2-17(11-43)40-16)42-32(41-27)45-15-33(5-6-33)14-44-18-3-4-19(44)13-46-12-18/h7,9,16-19,40H,1-6,10-15,38H2. The number of nitrogens with two attached hydrogens (primary N) is 1. The highest BCUT2D eigenvalue weighted by molar-refractivity contribution is 7.99. The van der Waals surface area contributed by atoms with Gasteiger partial charge in [0.05, 0.1) is 22.3 Å². The predicted molar refractivity (Wildman–Crippen MR) is 177 cm³/mol. The lowest BCUT2D eigenvalue weighted by Crippen LogP contribution is -2.51. The van der Waals surface area contributed by atoms with Gasteiger partial charge >= 0.3 is 6.01 Å². The minimum atomic E-state index is -1.04. The number of nitrogen functional groups attached to an aromatic ring is 1. The van der Waals surface area contributed by atoms with Gasteiger partial charge in [0.25, 0.3) is 0 Å². The number of halogens is 3. The van der Waals surface area contributed by atoms with Crippen LogP contribution >= 0.6 is 23.1 Å². The van der Waals surface area contributed by atoms with Crippen LogP contribution in [0.5, 0.6) is 6.01 Å². The number of aromatic nitrogens is 3. The Morgan fingerprint density at radius 2 is 1.81 bits per heavy atom. The lowest BCUT2D eigenvalue weighted by molar-refractivity contribution is 0.127. The molecule has 47 heavy (non-hydrogen) atoms. The van der Waals surface area contributed by atoms with E-state index in [9.17, 15) is 9.65 Å². The number of pyridine rings is 1. The van der Waals surface area contributed by atoms with Crippen molar-refractivity contribution in [3.63, 3.8) is 0 Å². The number of hydrogen-bond acceptors (Lipinski definition) is 11. The van der Waals surface area contributed by atoms with Gasteiger partial charge in [0, 0.05) is 83.9 Å². The summed E-state index contributed by atoms with van der Waals surface area (Å²) >= 11 is 2.87. The van der Waals surface area contributed by atoms with Crippen LogP contribution in [0, 0.1) is 34.2 Å². The molecule has 4 saturated heterocycles. The summed E-state index contributed by atoms with van der Waals surface area (Å²) in [6.45, 7) is 2.80. The van der Waals surface area contributed by atoms with E-state index in [2.05, 4.69) is 36.8 Å². The maximum atomic E-state index is 16.8. The van der Waals surface area contributed by atoms with E-state index >= 15 is 8.78 Å². The molecular formula is C33H33F3N8OS2. The highest BCUT2D eigenvalue weighted by Crippen LogP contribution is 2.49. The van der Waals surface area contributed by atoms with Crippen molar-refractivity contribution in [3.8, 4) is 23.3 Å². The molecule has 0 radical (unpaired) electrons. The van der Waals surface area contributed by atoms with Crippen LogP contribution in [-0.4, -0.2) is 81.8 Å². The molecule has 3 aromatic heterocycles. The lowest BCUT2D eigenvalue weighted by Gasteiger charge is -2.37. The summed E-state index contributed by atoms with van der Waals surface area (Å²) in [6, 6.07) is 4.52. The Hall–Kier alpha value is -3.38. The number of nitrogens with one attached hydrogen (secondary N) is 1. The number of fused-ring (bicyclic) bond motifs is 6. The zero-order valence-corrected chi connectivity index (χ0v) is 27.2. The van der Waals surface area contributed by atoms with Gasteiger partial charge in [-0.1, -0.05) is 0 Å². The fraction of sp³-hybridized carbons (Fsp3) is 0.515. The lowest BCUT2D eigenvalue weighted by atomic mass is 10.0. The number of benzene rings is 1. The monoisotopic (exact) mass is 678 g/mol. The second-order valence-corrected chi connectivity index (χ2v) is 15.9. The van der Waals surface area contributed by atoms with Gasteiger partial charge in [0.2, 0.25) is 0 Å². The molecule has 1 aliphatic carbocycles. The van der Waals surface area contributed by atoms with Crippen LogP contribution in [0.25, 0.3) is 32.2 Å². The molecule has 0 spiro atoms. The molecule has 4 atom stereocenters. The van der Waals surface area contributed by atoms with Crippen molar-refractivity contribution >= 4 is 54.9 Å². The highest BCUT2D eigenvalue weighted by atomic mass is 32.2. The Balaban J connectivity index is 1.13. The smallest absolute Gasteiger partial charge is 0.319 e. The van der Waals surface area contributed by atoms with Crippen molar-refractivity contribution in [2.45, 2.75) is 62.7 Å². The summed E-state index contributed by atoms with van der Waals surface area (Å²) in [5.41, 5.74) is 5.16. The number of thioether (sulfide) groups is 1. The Morgan fingerprint density at radius 3 is 2.51 bits per heavy atom. The van der Waals surface area contributed by atoms with E-state index in [0.29, 0.717) is 61.1 Å². The quantitative estimate of drug-likeness (QED) is 0.261. The molecule has 4 bridgehead atoms. The average molecular weight is 679 g/mol. The van der Waals surface area contributed by atoms with Crippen LogP contribution in [0.2, 0.25) is 0 Å². The third-order valence-electron chi connectivity index (χ3n) is 10.8. The molecule has 4 aliphatic heterocycles. The number of piperazine rings is 1. The number of hydrogen-bond donors (Lipinski definition) is 2. The average Bonchev–Trinajstić information content (AvgIpc) is 3.57. The fourth-order valence-electron chi connectivity index (χ4n) is 8.14. The molecular weight excluding hydrogens is 646 g/mol. The van der Waals surface area contributed by atoms with Gasteiger partial charge in [0.15, 0.2) is 5.82 Å². The van der Waals surface area contributed by atoms with Crippen molar-refractivity contribution in [1.29, 1.82) is 5.26 Å². The molecule has 4 unspecified atom stereocenters. The summed E-state index contributed by atoms with van der Waals surface area (Å²) in [5.74, 6) is 0.0843. The number of ether oxygens (including phenoxy) is 1. The molecule has 14 heteroatoms. The summed E-state index contributed by atoms with van der Waals surface area (Å²) in [4.78, 5) is 18.6. The zero-order valence-electron chi connectivity index (χ0n) is 25.6. The van der Waals surface area contributed by atoms with Gasteiger partial charge in [-0.25, -0.2) is 13.2 Å². The van der Waals surface area contributed by atoms with Crippen LogP contribution in [0.3, 0.4) is 0 Å². The second-order valence-electron chi connectivity index (χ2n) is 13.8. The van der Waals surface area contributed by atoms with E-state index in [1.165, 1.54) is 30.5 Å². The minimum Gasteiger partial charge on any atom is -0.463 e. The largest absolute Gasteiger partial charge is 0.463 e. The molecule has 0 amide bonds. The molecule has 1 aromatic carbocycles. The maximum Gasteiger partial charge on any atom is 0.319 e. The topological polar surface area (TPSA) is 116 Å². The third kappa shape index (κ3) is 4.91. The Kier molecular flexibility index (Phi) is 7.01. The molecule has 3 N–H and O–H groups in total. The number of nitrogens with zero attached hydrogens (tertiary/aromatic N) is 6. The van der Waals surface area contributed by atoms with Gasteiger partial charge in [-0.05, 0) is 38.5 Å². The van der Waals surface area contributed by atoms with Crippen LogP contribution in [0.4, 0.5) is 24.0 Å². The van der Waals surface area contributed by atoms with Crippen LogP contribution in [0.1, 0.15) is 44.1 Å². The van der Waals surface area contributed by atoms with Crippen molar-refractivity contribution in [3.05, 3.63) is 35.3 Å². The van der Waals surface area contributed by atoms with Gasteiger partial charge < -0.3 is 20.7 Å². The summed E-state index contributed by atoms with van der Waals surface area (Å²) < 4.78 is 53.5. The first kappa shape index (κ1) is 29.7. The Labute approximate surface area is 277 Å². The number of nitriles is 1. The van der Waals surface area contributed by atoms with Crippen LogP contribution in [0.15, 0.2) is 12.3 Å². The van der Waals surface area contributed by atoms with E-state index in [1.807, 2.05) is 6.07 Å². The van der Waals surface area contributed by atoms with E-state index in [1.54, 1.807) is 0 Å². The van der Waals surface area contributed by atoms with Crippen molar-refractivity contribution in [2.75, 3.05) is 48.4 Å². The summed E-state index contributed by atoms with van der Waals surface area (Å²) in [6.07, 6.45) is 8.17. The van der Waals surface area contributed by atoms with Crippen molar-refractivity contribution in [1.82, 2.24) is 25.2 Å². The molecule has 1 saturated carbocycles. The number of rotatable bonds is 7. The van der Waals surface area contributed by atoms with E-state index in [0.717, 1.165) is 43.6 Å². The van der Waals surface area contributed by atoms with Crippen molar-refractivity contribution in [2.24, 2.45) is 5.41 Å². The molecule has 9 nitrogen and oxygen atoms in total. The first-order chi connectivity index (χ1) is 22.8. The Bertz CT molecular complexity index is 1950. The SMILES string of the molecule is N#Cc1c(N)sc2c(F)cc(F)c(-c3ncc4c(N5CC6CCC(C5)N6)nc(OCC5(CN6C7CCC6CSC7)CC5)nc4c3F)c12. The first-order valence-corrected chi connectivity index (χ1v) is 18.2. The molecule has 7 heterocycles. The summed E-state index contributed by atoms with van der Waals surface area (Å²) in [5, 5.41) is 13.7. The predicted octanol–water partition coefficient (Wildman–Crippen LogP) is 5.46. The number of anilines is 2. The van der Waals surface area contributed by atoms with Gasteiger partial charge in [0.1, 0.15) is 39.7 Å². The fourth-order valence-corrected chi connectivity index (χ4v) is 10.5. The van der Waals surface area contributed by atoms with E-state index < -0.39 is 17.5 Å². The van der Waals surface area contributed by atoms with Crippen LogP contribution < -0.4 is 20.7 Å². The molecule has 5 aliphatic rings. The molecule has 9 rings (SSSR count). The van der Waals surface area contributed by atoms with Crippen LogP contribution in [-0.2, 0) is 0 Å². The number of thiophene rings is 1. The Morgan fingerprint density at radius 1 is 1.06 bits per heavy atom. The highest BCUT2D eigenvalue weighted by Gasteiger charge is 2.49. The molecule has 4 aromatic rings. The van der Waals surface area contributed by atoms with Gasteiger partial charge in [-0.2, -0.15) is 27.0 Å². The van der Waals surface area contributed by atoms with Gasteiger partial charge in [-0.3, -0.25) is 9.88 Å². The molecule has 244 valence electrons. The normalized spacial score (nSPS) is 26.3. The summed E-state index contributed by atoms with van der Waals surface area (Å²) in [7, 11) is 0. The first-order valence-electron chi connectivity index (χ1n) is 16.2. The minimum absolute atomic E-state index is 0.0207. The van der Waals surface area contributed by atoms with E-state index in [-0.39, 0.29) is 48.9 Å². The third-order valence-corrected chi connectivity index (χ3v) is 13.0. The van der Waals surface area contributed by atoms with Gasteiger partial charge in [-0.15, -0.1) is 11.3 Å².